The molecule has 2 aromatic carbocycles. The molecule has 0 unspecified atom stereocenters. The number of amides is 1. The summed E-state index contributed by atoms with van der Waals surface area (Å²) in [5.74, 6) is 0.136. The molecule has 1 aliphatic rings. The molecule has 0 aliphatic carbocycles. The van der Waals surface area contributed by atoms with Gasteiger partial charge in [-0.1, -0.05) is 18.2 Å². The summed E-state index contributed by atoms with van der Waals surface area (Å²) in [7, 11) is 0. The van der Waals surface area contributed by atoms with E-state index in [9.17, 15) is 9.59 Å². The molecule has 0 saturated carbocycles. The van der Waals surface area contributed by atoms with E-state index in [-0.39, 0.29) is 18.3 Å². The van der Waals surface area contributed by atoms with Gasteiger partial charge in [0.2, 0.25) is 0 Å². The van der Waals surface area contributed by atoms with Crippen LogP contribution in [0, 0.1) is 0 Å². The van der Waals surface area contributed by atoms with Gasteiger partial charge < -0.3 is 4.74 Å². The van der Waals surface area contributed by atoms with Crippen molar-refractivity contribution in [2.24, 2.45) is 4.99 Å². The fourth-order valence-corrected chi connectivity index (χ4v) is 2.35. The van der Waals surface area contributed by atoms with Crippen molar-refractivity contribution in [3.05, 3.63) is 60.2 Å². The zero-order valence-electron chi connectivity index (χ0n) is 13.2. The molecule has 24 heavy (non-hydrogen) atoms. The Balaban J connectivity index is 1.73. The highest BCUT2D eigenvalue weighted by molar-refractivity contribution is 6.14. The first-order valence-electron chi connectivity index (χ1n) is 7.67. The second-order valence-electron chi connectivity index (χ2n) is 5.18. The number of hydrogen-bond acceptors (Lipinski definition) is 4. The number of carbonyl (C=O) groups excluding carboxylic acids is 2. The molecule has 1 heterocycles. The van der Waals surface area contributed by atoms with Gasteiger partial charge in [0, 0.05) is 0 Å². The van der Waals surface area contributed by atoms with Crippen LogP contribution in [0.5, 0.6) is 0 Å². The highest BCUT2D eigenvalue weighted by atomic mass is 16.5. The van der Waals surface area contributed by atoms with Crippen molar-refractivity contribution in [2.75, 3.05) is 11.6 Å². The number of anilines is 1. The van der Waals surface area contributed by atoms with E-state index in [1.165, 1.54) is 5.01 Å². The van der Waals surface area contributed by atoms with Gasteiger partial charge in [0.25, 0.3) is 5.91 Å². The molecule has 122 valence electrons. The third kappa shape index (κ3) is 3.43. The van der Waals surface area contributed by atoms with Crippen molar-refractivity contribution in [2.45, 2.75) is 13.3 Å². The van der Waals surface area contributed by atoms with Gasteiger partial charge >= 0.3 is 5.97 Å². The monoisotopic (exact) mass is 323 g/mol. The Labute approximate surface area is 139 Å². The van der Waals surface area contributed by atoms with Crippen LogP contribution in [0.1, 0.15) is 23.7 Å². The Hall–Kier alpha value is -3.15. The van der Waals surface area contributed by atoms with Crippen molar-refractivity contribution in [1.29, 1.82) is 0 Å². The van der Waals surface area contributed by atoms with Crippen LogP contribution in [-0.4, -0.2) is 24.3 Å². The Morgan fingerprint density at radius 3 is 2.54 bits per heavy atom. The summed E-state index contributed by atoms with van der Waals surface area (Å²) >= 11 is 0. The van der Waals surface area contributed by atoms with Gasteiger partial charge in [-0.2, -0.15) is 0 Å². The van der Waals surface area contributed by atoms with Gasteiger partial charge in [0.15, 0.2) is 0 Å². The Kier molecular flexibility index (Phi) is 4.56. The average Bonchev–Trinajstić information content (AvgIpc) is 2.97. The van der Waals surface area contributed by atoms with Crippen LogP contribution in [0.4, 0.5) is 11.4 Å². The van der Waals surface area contributed by atoms with E-state index in [2.05, 4.69) is 10.4 Å². The van der Waals surface area contributed by atoms with Crippen LogP contribution in [0.3, 0.4) is 0 Å². The predicted octanol–water partition coefficient (Wildman–Crippen LogP) is 2.83. The molecule has 1 fully saturated rings. The number of nitrogens with zero attached hydrogens (tertiary/aromatic N) is 2. The van der Waals surface area contributed by atoms with Gasteiger partial charge in [-0.05, 0) is 43.3 Å². The van der Waals surface area contributed by atoms with Gasteiger partial charge in [0.05, 0.1) is 30.0 Å². The van der Waals surface area contributed by atoms with E-state index >= 15 is 0 Å². The second kappa shape index (κ2) is 6.95. The van der Waals surface area contributed by atoms with Crippen LogP contribution in [0.15, 0.2) is 59.6 Å². The minimum Gasteiger partial charge on any atom is -0.462 e. The number of esters is 1. The largest absolute Gasteiger partial charge is 0.462 e. The predicted molar refractivity (Wildman–Crippen MR) is 91.2 cm³/mol. The molecule has 2 aromatic rings. The molecule has 6 heteroatoms. The molecule has 0 spiro atoms. The number of amidine groups is 1. The summed E-state index contributed by atoms with van der Waals surface area (Å²) in [6.45, 7) is 2.10. The lowest BCUT2D eigenvalue weighted by Gasteiger charge is -2.15. The van der Waals surface area contributed by atoms with E-state index in [1.54, 1.807) is 31.2 Å². The number of hydrazine groups is 1. The topological polar surface area (TPSA) is 71.0 Å². The number of hydrogen-bond donors (Lipinski definition) is 1. The van der Waals surface area contributed by atoms with Crippen molar-refractivity contribution in [1.82, 2.24) is 5.43 Å². The quantitative estimate of drug-likeness (QED) is 0.878. The molecular weight excluding hydrogens is 306 g/mol. The van der Waals surface area contributed by atoms with Crippen molar-refractivity contribution >= 4 is 29.1 Å². The minimum atomic E-state index is -0.360. The fraction of sp³-hybridized carbons (Fsp3) is 0.167. The summed E-state index contributed by atoms with van der Waals surface area (Å²) in [4.78, 5) is 28.2. The second-order valence-corrected chi connectivity index (χ2v) is 5.18. The lowest BCUT2D eigenvalue weighted by Crippen LogP contribution is -2.35. The van der Waals surface area contributed by atoms with Gasteiger partial charge in [-0.3, -0.25) is 10.2 Å². The SMILES string of the molecule is CCOC(=O)c1ccc(N=C2CC(=O)N(c3ccccc3)N2)cc1. The molecular formula is C18H17N3O3. The standard InChI is InChI=1S/C18H17N3O3/c1-2-24-18(23)13-8-10-14(11-9-13)19-16-12-17(22)21(20-16)15-6-4-3-5-7-15/h3-11H,2,12H2,1H3,(H,19,20). The summed E-state index contributed by atoms with van der Waals surface area (Å²) in [5, 5.41) is 1.48. The molecule has 6 nitrogen and oxygen atoms in total. The van der Waals surface area contributed by atoms with Crippen LogP contribution in [0.2, 0.25) is 0 Å². The minimum absolute atomic E-state index is 0.0666. The Morgan fingerprint density at radius 2 is 1.88 bits per heavy atom. The first-order chi connectivity index (χ1) is 11.7. The number of benzene rings is 2. The number of rotatable bonds is 4. The molecule has 1 amide bonds. The highest BCUT2D eigenvalue weighted by Gasteiger charge is 2.26. The maximum atomic E-state index is 12.1. The lowest BCUT2D eigenvalue weighted by atomic mass is 10.2. The molecule has 3 rings (SSSR count). The zero-order valence-corrected chi connectivity index (χ0v) is 13.2. The summed E-state index contributed by atoms with van der Waals surface area (Å²) in [6, 6.07) is 16.1. The lowest BCUT2D eigenvalue weighted by molar-refractivity contribution is -0.116. The van der Waals surface area contributed by atoms with Gasteiger partial charge in [0.1, 0.15) is 5.84 Å². The molecule has 0 bridgehead atoms. The van der Waals surface area contributed by atoms with Crippen LogP contribution >= 0.6 is 0 Å². The summed E-state index contributed by atoms with van der Waals surface area (Å²) in [6.07, 6.45) is 0.203. The number of para-hydroxylation sites is 1. The third-order valence-electron chi connectivity index (χ3n) is 3.47. The van der Waals surface area contributed by atoms with E-state index in [0.29, 0.717) is 23.7 Å². The zero-order chi connectivity index (χ0) is 16.9. The highest BCUT2D eigenvalue weighted by Crippen LogP contribution is 2.19. The third-order valence-corrected chi connectivity index (χ3v) is 3.47. The van der Waals surface area contributed by atoms with Crippen molar-refractivity contribution < 1.29 is 14.3 Å². The molecule has 0 radical (unpaired) electrons. The Bertz CT molecular complexity index is 770. The number of aliphatic imine (C=N–C) groups is 1. The average molecular weight is 323 g/mol. The molecule has 0 aromatic heterocycles. The van der Waals surface area contributed by atoms with Crippen molar-refractivity contribution in [3.63, 3.8) is 0 Å². The molecule has 1 aliphatic heterocycles. The maximum Gasteiger partial charge on any atom is 0.338 e. The first kappa shape index (κ1) is 15.7. The van der Waals surface area contributed by atoms with Crippen LogP contribution < -0.4 is 10.4 Å². The number of ether oxygens (including phenoxy) is 1. The van der Waals surface area contributed by atoms with Crippen molar-refractivity contribution in [3.8, 4) is 0 Å². The molecule has 1 N–H and O–H groups in total. The number of nitrogens with one attached hydrogen (secondary N) is 1. The van der Waals surface area contributed by atoms with E-state index in [1.807, 2.05) is 30.3 Å². The Morgan fingerprint density at radius 1 is 1.17 bits per heavy atom. The molecule has 0 atom stereocenters. The van der Waals surface area contributed by atoms with Crippen LogP contribution in [-0.2, 0) is 9.53 Å². The fourth-order valence-electron chi connectivity index (χ4n) is 2.35. The van der Waals surface area contributed by atoms with Gasteiger partial charge in [-0.15, -0.1) is 0 Å². The van der Waals surface area contributed by atoms with E-state index in [4.69, 9.17) is 4.74 Å². The first-order valence-corrected chi connectivity index (χ1v) is 7.67. The number of carbonyl (C=O) groups is 2. The van der Waals surface area contributed by atoms with Crippen LogP contribution in [0.25, 0.3) is 0 Å². The van der Waals surface area contributed by atoms with Gasteiger partial charge in [-0.25, -0.2) is 14.8 Å². The maximum absolute atomic E-state index is 12.1. The van der Waals surface area contributed by atoms with E-state index in [0.717, 1.165) is 5.69 Å². The normalized spacial score (nSPS) is 15.5. The molecule has 1 saturated heterocycles. The van der Waals surface area contributed by atoms with E-state index < -0.39 is 0 Å². The summed E-state index contributed by atoms with van der Waals surface area (Å²) in [5.41, 5.74) is 4.91. The smallest absolute Gasteiger partial charge is 0.338 e. The summed E-state index contributed by atoms with van der Waals surface area (Å²) < 4.78 is 4.94.